The van der Waals surface area contributed by atoms with Gasteiger partial charge in [-0.15, -0.1) is 10.2 Å². The lowest BCUT2D eigenvalue weighted by atomic mass is 10.2. The lowest BCUT2D eigenvalue weighted by Crippen LogP contribution is -2.11. The number of methoxy groups -OCH3 is 1. The first kappa shape index (κ1) is 20.8. The Morgan fingerprint density at radius 2 is 1.97 bits per heavy atom. The van der Waals surface area contributed by atoms with Crippen LogP contribution in [-0.4, -0.2) is 45.3 Å². The van der Waals surface area contributed by atoms with Crippen LogP contribution in [0.25, 0.3) is 16.7 Å². The first-order chi connectivity index (χ1) is 13.9. The van der Waals surface area contributed by atoms with Crippen molar-refractivity contribution < 1.29 is 14.3 Å². The fraction of sp³-hybridized carbons (Fsp3) is 0.524. The number of fused-ring (bicyclic) bond motifs is 3. The number of nitrogens with zero attached hydrogens (tertiary/aromatic N) is 4. The van der Waals surface area contributed by atoms with Crippen LogP contribution >= 0.6 is 0 Å². The van der Waals surface area contributed by atoms with Crippen molar-refractivity contribution in [2.24, 2.45) is 0 Å². The van der Waals surface area contributed by atoms with Gasteiger partial charge in [0, 0.05) is 13.0 Å². The summed E-state index contributed by atoms with van der Waals surface area (Å²) in [7, 11) is 1.66. The molecule has 156 valence electrons. The molecule has 0 bridgehead atoms. The summed E-state index contributed by atoms with van der Waals surface area (Å²) >= 11 is 0. The quantitative estimate of drug-likeness (QED) is 0.432. The number of hydrogen-bond acceptors (Lipinski definition) is 7. The highest BCUT2D eigenvalue weighted by Gasteiger charge is 2.16. The molecule has 0 unspecified atom stereocenters. The van der Waals surface area contributed by atoms with E-state index < -0.39 is 0 Å². The Kier molecular flexibility index (Phi) is 6.51. The zero-order valence-electron chi connectivity index (χ0n) is 17.8. The summed E-state index contributed by atoms with van der Waals surface area (Å²) in [6.45, 7) is 8.38. The second-order valence-electron chi connectivity index (χ2n) is 7.43. The topological polar surface area (TPSA) is 90.6 Å². The smallest absolute Gasteiger partial charge is 0.306 e. The third-order valence-electron chi connectivity index (χ3n) is 4.73. The van der Waals surface area contributed by atoms with Crippen molar-refractivity contribution in [1.82, 2.24) is 19.6 Å². The Bertz CT molecular complexity index is 1010. The van der Waals surface area contributed by atoms with Crippen LogP contribution in [0.1, 0.15) is 50.9 Å². The van der Waals surface area contributed by atoms with Crippen molar-refractivity contribution in [2.75, 3.05) is 19.0 Å². The van der Waals surface area contributed by atoms with E-state index in [4.69, 9.17) is 14.5 Å². The first-order valence-electron chi connectivity index (χ1n) is 10.0. The fourth-order valence-electron chi connectivity index (χ4n) is 3.39. The maximum Gasteiger partial charge on any atom is 0.306 e. The van der Waals surface area contributed by atoms with Gasteiger partial charge in [-0.05, 0) is 52.2 Å². The molecule has 0 spiro atoms. The van der Waals surface area contributed by atoms with Gasteiger partial charge in [0.15, 0.2) is 5.82 Å². The second kappa shape index (κ2) is 9.07. The van der Waals surface area contributed by atoms with Gasteiger partial charge in [0.2, 0.25) is 5.65 Å². The SMILES string of the molecule is COc1c(C)ccc2c1nc(NCCCCCC(=O)OC(C)C)c1nnc(C)n12. The molecule has 2 aromatic heterocycles. The number of carbonyl (C=O) groups excluding carboxylic acids is 1. The van der Waals surface area contributed by atoms with E-state index in [0.717, 1.165) is 54.0 Å². The third kappa shape index (κ3) is 4.58. The van der Waals surface area contributed by atoms with Crippen LogP contribution in [0.5, 0.6) is 5.75 Å². The lowest BCUT2D eigenvalue weighted by molar-refractivity contribution is -0.147. The lowest BCUT2D eigenvalue weighted by Gasteiger charge is -2.13. The zero-order valence-corrected chi connectivity index (χ0v) is 17.8. The number of nitrogens with one attached hydrogen (secondary N) is 1. The molecule has 0 amide bonds. The van der Waals surface area contributed by atoms with E-state index in [1.165, 1.54) is 0 Å². The summed E-state index contributed by atoms with van der Waals surface area (Å²) in [6, 6.07) is 4.03. The number of aryl methyl sites for hydroxylation is 2. The van der Waals surface area contributed by atoms with Crippen LogP contribution in [0.2, 0.25) is 0 Å². The van der Waals surface area contributed by atoms with E-state index in [-0.39, 0.29) is 12.1 Å². The molecule has 29 heavy (non-hydrogen) atoms. The molecule has 3 rings (SSSR count). The minimum atomic E-state index is -0.132. The van der Waals surface area contributed by atoms with Gasteiger partial charge in [0.1, 0.15) is 17.1 Å². The predicted octanol–water partition coefficient (Wildman–Crippen LogP) is 3.83. The normalized spacial score (nSPS) is 11.4. The standard InChI is InChI=1S/C21H29N5O3/c1-13(2)29-17(27)9-7-6-8-12-22-20-21-25-24-15(4)26(21)16-11-10-14(3)19(28-5)18(16)23-20/h10-11,13H,6-9,12H2,1-5H3,(H,22,23). The molecule has 1 N–H and O–H groups in total. The highest BCUT2D eigenvalue weighted by molar-refractivity contribution is 5.88. The molecule has 0 aliphatic heterocycles. The average molecular weight is 399 g/mol. The molecule has 0 aliphatic rings. The van der Waals surface area contributed by atoms with Crippen LogP contribution in [0, 0.1) is 13.8 Å². The minimum absolute atomic E-state index is 0.0576. The van der Waals surface area contributed by atoms with Gasteiger partial charge in [-0.25, -0.2) is 4.98 Å². The maximum absolute atomic E-state index is 11.6. The molecule has 0 atom stereocenters. The number of unbranched alkanes of at least 4 members (excludes halogenated alkanes) is 2. The Morgan fingerprint density at radius 3 is 2.69 bits per heavy atom. The fourth-order valence-corrected chi connectivity index (χ4v) is 3.39. The van der Waals surface area contributed by atoms with Crippen LogP contribution in [0.15, 0.2) is 12.1 Å². The molecule has 8 heteroatoms. The Morgan fingerprint density at radius 1 is 1.17 bits per heavy atom. The molecule has 2 heterocycles. The van der Waals surface area contributed by atoms with Gasteiger partial charge in [0.05, 0.1) is 18.7 Å². The molecular formula is C21H29N5O3. The third-order valence-corrected chi connectivity index (χ3v) is 4.73. The van der Waals surface area contributed by atoms with Gasteiger partial charge < -0.3 is 14.8 Å². The molecule has 0 saturated carbocycles. The molecule has 0 fully saturated rings. The van der Waals surface area contributed by atoms with Crippen molar-refractivity contribution in [3.05, 3.63) is 23.5 Å². The summed E-state index contributed by atoms with van der Waals surface area (Å²) in [6.07, 6.45) is 3.05. The monoisotopic (exact) mass is 399 g/mol. The van der Waals surface area contributed by atoms with E-state index in [1.54, 1.807) is 7.11 Å². The number of rotatable bonds is 9. The van der Waals surface area contributed by atoms with Crippen LogP contribution < -0.4 is 10.1 Å². The summed E-state index contributed by atoms with van der Waals surface area (Å²) in [4.78, 5) is 16.4. The Labute approximate surface area is 170 Å². The summed E-state index contributed by atoms with van der Waals surface area (Å²) in [5.41, 5.74) is 3.42. The van der Waals surface area contributed by atoms with Crippen molar-refractivity contribution in [2.45, 2.75) is 59.5 Å². The molecule has 8 nitrogen and oxygen atoms in total. The van der Waals surface area contributed by atoms with Gasteiger partial charge in [-0.1, -0.05) is 12.5 Å². The molecular weight excluding hydrogens is 370 g/mol. The zero-order chi connectivity index (χ0) is 21.0. The van der Waals surface area contributed by atoms with Gasteiger partial charge >= 0.3 is 5.97 Å². The van der Waals surface area contributed by atoms with Crippen molar-refractivity contribution in [3.8, 4) is 5.75 Å². The summed E-state index contributed by atoms with van der Waals surface area (Å²) in [5.74, 6) is 2.10. The highest BCUT2D eigenvalue weighted by Crippen LogP contribution is 2.31. The number of hydrogen-bond donors (Lipinski definition) is 1. The minimum Gasteiger partial charge on any atom is -0.494 e. The molecule has 0 saturated heterocycles. The molecule has 0 radical (unpaired) electrons. The molecule has 0 aliphatic carbocycles. The van der Waals surface area contributed by atoms with Crippen LogP contribution in [-0.2, 0) is 9.53 Å². The van der Waals surface area contributed by atoms with Gasteiger partial charge in [-0.3, -0.25) is 9.20 Å². The molecule has 1 aromatic carbocycles. The Hall–Kier alpha value is -2.90. The van der Waals surface area contributed by atoms with E-state index in [1.807, 2.05) is 44.2 Å². The average Bonchev–Trinajstić information content (AvgIpc) is 3.06. The van der Waals surface area contributed by atoms with E-state index in [0.29, 0.717) is 17.9 Å². The van der Waals surface area contributed by atoms with Crippen LogP contribution in [0.3, 0.4) is 0 Å². The van der Waals surface area contributed by atoms with Gasteiger partial charge in [0.25, 0.3) is 0 Å². The number of carbonyl (C=O) groups is 1. The molecule has 3 aromatic rings. The van der Waals surface area contributed by atoms with Crippen molar-refractivity contribution in [1.29, 1.82) is 0 Å². The first-order valence-corrected chi connectivity index (χ1v) is 10.0. The number of anilines is 1. The van der Waals surface area contributed by atoms with E-state index in [9.17, 15) is 4.79 Å². The summed E-state index contributed by atoms with van der Waals surface area (Å²) in [5, 5.41) is 11.9. The maximum atomic E-state index is 11.6. The Balaban J connectivity index is 1.71. The van der Waals surface area contributed by atoms with Gasteiger partial charge in [-0.2, -0.15) is 0 Å². The number of aromatic nitrogens is 4. The van der Waals surface area contributed by atoms with Crippen LogP contribution in [0.4, 0.5) is 5.82 Å². The highest BCUT2D eigenvalue weighted by atomic mass is 16.5. The van der Waals surface area contributed by atoms with E-state index in [2.05, 4.69) is 15.5 Å². The summed E-state index contributed by atoms with van der Waals surface area (Å²) < 4.78 is 12.7. The van der Waals surface area contributed by atoms with Crippen molar-refractivity contribution >= 4 is 28.5 Å². The second-order valence-corrected chi connectivity index (χ2v) is 7.43. The largest absolute Gasteiger partial charge is 0.494 e. The predicted molar refractivity (Wildman–Crippen MR) is 112 cm³/mol. The number of benzene rings is 1. The number of esters is 1. The number of ether oxygens (including phenoxy) is 2. The van der Waals surface area contributed by atoms with Crippen molar-refractivity contribution in [3.63, 3.8) is 0 Å². The van der Waals surface area contributed by atoms with E-state index >= 15 is 0 Å².